The summed E-state index contributed by atoms with van der Waals surface area (Å²) in [6.07, 6.45) is 4.74. The molecule has 0 aromatic carbocycles. The second kappa shape index (κ2) is 6.33. The number of hydrogen-bond acceptors (Lipinski definition) is 2. The van der Waals surface area contributed by atoms with Gasteiger partial charge >= 0.3 is 5.97 Å². The standard InChI is InChI=1S/C16H24N2O3/c1-3-8-16(15(20)21)9-6-11-18(12-16)14(19)13-7-5-10-17(13)4-2/h5,7,10H,3-4,6,8-9,11-12H2,1-2H3,(H,20,21). The molecule has 1 unspecified atom stereocenters. The number of nitrogens with zero attached hydrogens (tertiary/aromatic N) is 2. The van der Waals surface area contributed by atoms with Crippen molar-refractivity contribution >= 4 is 11.9 Å². The molecule has 0 radical (unpaired) electrons. The Bertz CT molecular complexity index is 519. The number of piperidine rings is 1. The van der Waals surface area contributed by atoms with E-state index in [-0.39, 0.29) is 5.91 Å². The Kier molecular flexibility index (Phi) is 4.70. The molecular formula is C16H24N2O3. The molecule has 0 saturated carbocycles. The lowest BCUT2D eigenvalue weighted by atomic mass is 9.76. The quantitative estimate of drug-likeness (QED) is 0.907. The molecular weight excluding hydrogens is 268 g/mol. The maximum absolute atomic E-state index is 12.7. The molecule has 116 valence electrons. The molecule has 5 heteroatoms. The number of carbonyl (C=O) groups is 2. The van der Waals surface area contributed by atoms with Crippen LogP contribution in [-0.2, 0) is 11.3 Å². The van der Waals surface area contributed by atoms with Crippen molar-refractivity contribution < 1.29 is 14.7 Å². The molecule has 2 rings (SSSR count). The molecule has 21 heavy (non-hydrogen) atoms. The molecule has 1 N–H and O–H groups in total. The van der Waals surface area contributed by atoms with Crippen molar-refractivity contribution in [3.8, 4) is 0 Å². The lowest BCUT2D eigenvalue weighted by Crippen LogP contribution is -2.50. The highest BCUT2D eigenvalue weighted by atomic mass is 16.4. The van der Waals surface area contributed by atoms with Gasteiger partial charge in [0.2, 0.25) is 0 Å². The Balaban J connectivity index is 2.20. The molecule has 1 aliphatic rings. The number of carboxylic acids is 1. The first-order valence-corrected chi connectivity index (χ1v) is 7.72. The first kappa shape index (κ1) is 15.6. The third-order valence-electron chi connectivity index (χ3n) is 4.44. The smallest absolute Gasteiger partial charge is 0.311 e. The van der Waals surface area contributed by atoms with Crippen LogP contribution in [0.15, 0.2) is 18.3 Å². The van der Waals surface area contributed by atoms with Crippen molar-refractivity contribution in [1.82, 2.24) is 9.47 Å². The summed E-state index contributed by atoms with van der Waals surface area (Å²) in [6.45, 7) is 5.69. The van der Waals surface area contributed by atoms with Crippen LogP contribution in [0.1, 0.15) is 50.0 Å². The molecule has 1 amide bonds. The SMILES string of the molecule is CCCC1(C(=O)O)CCCN(C(=O)c2cccn2CC)C1. The fraction of sp³-hybridized carbons (Fsp3) is 0.625. The van der Waals surface area contributed by atoms with Crippen LogP contribution >= 0.6 is 0 Å². The Morgan fingerprint density at radius 1 is 1.38 bits per heavy atom. The Morgan fingerprint density at radius 2 is 2.14 bits per heavy atom. The third-order valence-corrected chi connectivity index (χ3v) is 4.44. The number of hydrogen-bond donors (Lipinski definition) is 1. The summed E-state index contributed by atoms with van der Waals surface area (Å²) >= 11 is 0. The normalized spacial score (nSPS) is 22.3. The highest BCUT2D eigenvalue weighted by Crippen LogP contribution is 2.35. The summed E-state index contributed by atoms with van der Waals surface area (Å²) in [6, 6.07) is 3.67. The van der Waals surface area contributed by atoms with Crippen molar-refractivity contribution in [3.05, 3.63) is 24.0 Å². The van der Waals surface area contributed by atoms with E-state index in [1.165, 1.54) is 0 Å². The van der Waals surface area contributed by atoms with Crippen molar-refractivity contribution in [2.24, 2.45) is 5.41 Å². The van der Waals surface area contributed by atoms with Crippen molar-refractivity contribution in [3.63, 3.8) is 0 Å². The molecule has 1 aliphatic heterocycles. The third kappa shape index (κ3) is 2.96. The second-order valence-corrected chi connectivity index (χ2v) is 5.85. The van der Waals surface area contributed by atoms with E-state index in [4.69, 9.17) is 0 Å². The zero-order valence-electron chi connectivity index (χ0n) is 12.8. The molecule has 0 bridgehead atoms. The summed E-state index contributed by atoms with van der Waals surface area (Å²) in [5, 5.41) is 9.61. The highest BCUT2D eigenvalue weighted by Gasteiger charge is 2.43. The molecule has 1 aromatic heterocycles. The number of carboxylic acid groups (broad SMARTS) is 1. The van der Waals surface area contributed by atoms with Crippen LogP contribution in [0.3, 0.4) is 0 Å². The van der Waals surface area contributed by atoms with Crippen LogP contribution in [0.5, 0.6) is 0 Å². The zero-order chi connectivity index (χ0) is 15.5. The van der Waals surface area contributed by atoms with E-state index in [2.05, 4.69) is 0 Å². The van der Waals surface area contributed by atoms with Gasteiger partial charge in [0.15, 0.2) is 0 Å². The van der Waals surface area contributed by atoms with Crippen LogP contribution < -0.4 is 0 Å². The summed E-state index contributed by atoms with van der Waals surface area (Å²) in [4.78, 5) is 26.1. The maximum Gasteiger partial charge on any atom is 0.311 e. The lowest BCUT2D eigenvalue weighted by Gasteiger charge is -2.40. The van der Waals surface area contributed by atoms with Gasteiger partial charge in [-0.05, 0) is 38.3 Å². The van der Waals surface area contributed by atoms with Gasteiger partial charge in [0.05, 0.1) is 5.41 Å². The summed E-state index contributed by atoms with van der Waals surface area (Å²) < 4.78 is 1.90. The topological polar surface area (TPSA) is 62.5 Å². The fourth-order valence-electron chi connectivity index (χ4n) is 3.32. The van der Waals surface area contributed by atoms with E-state index in [1.807, 2.05) is 36.7 Å². The van der Waals surface area contributed by atoms with Gasteiger partial charge in [0, 0.05) is 25.8 Å². The molecule has 1 fully saturated rings. The van der Waals surface area contributed by atoms with Crippen LogP contribution in [0.4, 0.5) is 0 Å². The predicted octanol–water partition coefficient (Wildman–Crippen LogP) is 2.62. The zero-order valence-corrected chi connectivity index (χ0v) is 12.8. The average Bonchev–Trinajstić information content (AvgIpc) is 2.95. The molecule has 5 nitrogen and oxygen atoms in total. The van der Waals surface area contributed by atoms with Gasteiger partial charge in [-0.1, -0.05) is 13.3 Å². The number of rotatable bonds is 5. The van der Waals surface area contributed by atoms with Crippen LogP contribution in [0, 0.1) is 5.41 Å². The van der Waals surface area contributed by atoms with Gasteiger partial charge in [-0.15, -0.1) is 0 Å². The minimum absolute atomic E-state index is 0.0525. The number of aryl methyl sites for hydroxylation is 1. The van der Waals surface area contributed by atoms with Gasteiger partial charge in [-0.2, -0.15) is 0 Å². The molecule has 1 saturated heterocycles. The summed E-state index contributed by atoms with van der Waals surface area (Å²) in [5.41, 5.74) is -0.123. The molecule has 1 aromatic rings. The van der Waals surface area contributed by atoms with Gasteiger partial charge in [-0.3, -0.25) is 9.59 Å². The largest absolute Gasteiger partial charge is 0.481 e. The summed E-state index contributed by atoms with van der Waals surface area (Å²) in [5.74, 6) is -0.823. The minimum Gasteiger partial charge on any atom is -0.481 e. The first-order valence-electron chi connectivity index (χ1n) is 7.72. The lowest BCUT2D eigenvalue weighted by molar-refractivity contribution is -0.152. The van der Waals surface area contributed by atoms with Crippen LogP contribution in [-0.4, -0.2) is 39.5 Å². The number of carbonyl (C=O) groups excluding carboxylic acids is 1. The first-order chi connectivity index (χ1) is 10.0. The van der Waals surface area contributed by atoms with Gasteiger partial charge < -0.3 is 14.6 Å². The van der Waals surface area contributed by atoms with Gasteiger partial charge in [0.25, 0.3) is 5.91 Å². The monoisotopic (exact) mass is 292 g/mol. The molecule has 2 heterocycles. The van der Waals surface area contributed by atoms with E-state index in [9.17, 15) is 14.7 Å². The number of aromatic nitrogens is 1. The maximum atomic E-state index is 12.7. The Labute approximate surface area is 125 Å². The van der Waals surface area contributed by atoms with E-state index < -0.39 is 11.4 Å². The number of likely N-dealkylation sites (tertiary alicyclic amines) is 1. The van der Waals surface area contributed by atoms with E-state index in [1.54, 1.807) is 4.90 Å². The molecule has 0 aliphatic carbocycles. The van der Waals surface area contributed by atoms with Crippen molar-refractivity contribution in [2.75, 3.05) is 13.1 Å². The van der Waals surface area contributed by atoms with Crippen molar-refractivity contribution in [1.29, 1.82) is 0 Å². The van der Waals surface area contributed by atoms with E-state index in [0.717, 1.165) is 19.4 Å². The highest BCUT2D eigenvalue weighted by molar-refractivity contribution is 5.93. The fourth-order valence-corrected chi connectivity index (χ4v) is 3.32. The summed E-state index contributed by atoms with van der Waals surface area (Å²) in [7, 11) is 0. The van der Waals surface area contributed by atoms with Gasteiger partial charge in [-0.25, -0.2) is 0 Å². The second-order valence-electron chi connectivity index (χ2n) is 5.85. The minimum atomic E-state index is -0.772. The van der Waals surface area contributed by atoms with E-state index >= 15 is 0 Å². The predicted molar refractivity (Wildman–Crippen MR) is 80.2 cm³/mol. The van der Waals surface area contributed by atoms with Crippen LogP contribution in [0.2, 0.25) is 0 Å². The average molecular weight is 292 g/mol. The number of amides is 1. The number of aliphatic carboxylic acids is 1. The molecule has 0 spiro atoms. The van der Waals surface area contributed by atoms with Gasteiger partial charge in [0.1, 0.15) is 5.69 Å². The van der Waals surface area contributed by atoms with Crippen LogP contribution in [0.25, 0.3) is 0 Å². The Morgan fingerprint density at radius 3 is 2.76 bits per heavy atom. The van der Waals surface area contributed by atoms with E-state index in [0.29, 0.717) is 31.6 Å². The molecule has 1 atom stereocenters. The Hall–Kier alpha value is -1.78. The van der Waals surface area contributed by atoms with Crippen molar-refractivity contribution in [2.45, 2.75) is 46.1 Å².